The Morgan fingerprint density at radius 2 is 2.10 bits per heavy atom. The standard InChI is InChI=1S/C16H24N2O3/c1-2-21-16(20)18-8-6-15(7-9-18)17-11-13-4-3-5-14(10-13)12-19/h3-5,10,15,17,19H,2,6-9,11-12H2,1H3. The Labute approximate surface area is 125 Å². The third-order valence-corrected chi connectivity index (χ3v) is 3.79. The van der Waals surface area contributed by atoms with Gasteiger partial charge in [-0.05, 0) is 30.9 Å². The van der Waals surface area contributed by atoms with E-state index < -0.39 is 0 Å². The molecule has 1 aliphatic heterocycles. The van der Waals surface area contributed by atoms with Crippen molar-refractivity contribution < 1.29 is 14.6 Å². The van der Waals surface area contributed by atoms with Gasteiger partial charge >= 0.3 is 6.09 Å². The summed E-state index contributed by atoms with van der Waals surface area (Å²) in [5.41, 5.74) is 2.11. The SMILES string of the molecule is CCOC(=O)N1CCC(NCc2cccc(CO)c2)CC1. The number of carbonyl (C=O) groups is 1. The van der Waals surface area contributed by atoms with Crippen LogP contribution in [0, 0.1) is 0 Å². The number of aliphatic hydroxyl groups excluding tert-OH is 1. The van der Waals surface area contributed by atoms with Crippen molar-refractivity contribution in [2.75, 3.05) is 19.7 Å². The van der Waals surface area contributed by atoms with Crippen molar-refractivity contribution in [3.05, 3.63) is 35.4 Å². The molecule has 5 heteroatoms. The topological polar surface area (TPSA) is 61.8 Å². The van der Waals surface area contributed by atoms with Gasteiger partial charge in [-0.2, -0.15) is 0 Å². The van der Waals surface area contributed by atoms with Crippen molar-refractivity contribution in [3.63, 3.8) is 0 Å². The van der Waals surface area contributed by atoms with Crippen LogP contribution in [0.15, 0.2) is 24.3 Å². The molecule has 0 spiro atoms. The molecular formula is C16H24N2O3. The zero-order chi connectivity index (χ0) is 15.1. The van der Waals surface area contributed by atoms with Gasteiger partial charge in [0.15, 0.2) is 0 Å². The van der Waals surface area contributed by atoms with E-state index in [1.54, 1.807) is 4.90 Å². The Morgan fingerprint density at radius 1 is 1.38 bits per heavy atom. The first-order valence-electron chi connectivity index (χ1n) is 7.56. The molecule has 1 saturated heterocycles. The molecule has 1 aromatic carbocycles. The van der Waals surface area contributed by atoms with Gasteiger partial charge in [0.05, 0.1) is 13.2 Å². The Kier molecular flexibility index (Phi) is 6.02. The summed E-state index contributed by atoms with van der Waals surface area (Å²) >= 11 is 0. The molecule has 116 valence electrons. The molecule has 0 aliphatic carbocycles. The molecular weight excluding hydrogens is 268 g/mol. The molecule has 2 rings (SSSR count). The first-order chi connectivity index (χ1) is 10.2. The van der Waals surface area contributed by atoms with E-state index in [-0.39, 0.29) is 12.7 Å². The Hall–Kier alpha value is -1.59. The molecule has 1 fully saturated rings. The first kappa shape index (κ1) is 15.8. The molecule has 1 amide bonds. The predicted molar refractivity (Wildman–Crippen MR) is 80.8 cm³/mol. The number of nitrogens with one attached hydrogen (secondary N) is 1. The van der Waals surface area contributed by atoms with Gasteiger partial charge in [-0.3, -0.25) is 0 Å². The van der Waals surface area contributed by atoms with Crippen molar-refractivity contribution in [2.45, 2.75) is 39.0 Å². The summed E-state index contributed by atoms with van der Waals surface area (Å²) in [5, 5.41) is 12.7. The minimum Gasteiger partial charge on any atom is -0.450 e. The second-order valence-corrected chi connectivity index (χ2v) is 5.32. The van der Waals surface area contributed by atoms with Crippen LogP contribution in [0.25, 0.3) is 0 Å². The number of benzene rings is 1. The van der Waals surface area contributed by atoms with Gasteiger partial charge in [-0.15, -0.1) is 0 Å². The smallest absolute Gasteiger partial charge is 0.409 e. The number of rotatable bonds is 5. The highest BCUT2D eigenvalue weighted by Gasteiger charge is 2.22. The summed E-state index contributed by atoms with van der Waals surface area (Å²) < 4.78 is 5.01. The molecule has 1 aromatic rings. The molecule has 0 radical (unpaired) electrons. The molecule has 2 N–H and O–H groups in total. The minimum atomic E-state index is -0.202. The number of carbonyl (C=O) groups excluding carboxylic acids is 1. The van der Waals surface area contributed by atoms with E-state index >= 15 is 0 Å². The van der Waals surface area contributed by atoms with Crippen LogP contribution in [0.2, 0.25) is 0 Å². The number of piperidine rings is 1. The van der Waals surface area contributed by atoms with E-state index in [4.69, 9.17) is 9.84 Å². The third kappa shape index (κ3) is 4.72. The van der Waals surface area contributed by atoms with Gasteiger partial charge < -0.3 is 20.1 Å². The van der Waals surface area contributed by atoms with Gasteiger partial charge in [-0.1, -0.05) is 24.3 Å². The lowest BCUT2D eigenvalue weighted by atomic mass is 10.0. The van der Waals surface area contributed by atoms with Crippen LogP contribution >= 0.6 is 0 Å². The number of nitrogens with zero attached hydrogens (tertiary/aromatic N) is 1. The molecule has 0 saturated carbocycles. The van der Waals surface area contributed by atoms with Crippen LogP contribution in [-0.2, 0) is 17.9 Å². The highest BCUT2D eigenvalue weighted by Crippen LogP contribution is 2.13. The lowest BCUT2D eigenvalue weighted by molar-refractivity contribution is 0.0950. The maximum Gasteiger partial charge on any atom is 0.409 e. The third-order valence-electron chi connectivity index (χ3n) is 3.79. The molecule has 1 aliphatic rings. The van der Waals surface area contributed by atoms with E-state index in [1.165, 1.54) is 5.56 Å². The van der Waals surface area contributed by atoms with Crippen LogP contribution in [0.5, 0.6) is 0 Å². The number of amides is 1. The van der Waals surface area contributed by atoms with Gasteiger partial charge in [0.2, 0.25) is 0 Å². The first-order valence-corrected chi connectivity index (χ1v) is 7.56. The molecule has 21 heavy (non-hydrogen) atoms. The zero-order valence-electron chi connectivity index (χ0n) is 12.5. The molecule has 5 nitrogen and oxygen atoms in total. The monoisotopic (exact) mass is 292 g/mol. The maximum atomic E-state index is 11.6. The lowest BCUT2D eigenvalue weighted by Gasteiger charge is -2.31. The Bertz CT molecular complexity index is 457. The van der Waals surface area contributed by atoms with Gasteiger partial charge in [0, 0.05) is 25.7 Å². The van der Waals surface area contributed by atoms with Crippen molar-refractivity contribution in [1.82, 2.24) is 10.2 Å². The summed E-state index contributed by atoms with van der Waals surface area (Å²) in [6.07, 6.45) is 1.68. The van der Waals surface area contributed by atoms with E-state index in [2.05, 4.69) is 11.4 Å². The zero-order valence-corrected chi connectivity index (χ0v) is 12.5. The normalized spacial score (nSPS) is 16.0. The fourth-order valence-corrected chi connectivity index (χ4v) is 2.58. The fourth-order valence-electron chi connectivity index (χ4n) is 2.58. The van der Waals surface area contributed by atoms with E-state index in [0.29, 0.717) is 12.6 Å². The molecule has 0 bridgehead atoms. The molecule has 0 atom stereocenters. The van der Waals surface area contributed by atoms with E-state index in [0.717, 1.165) is 38.0 Å². The summed E-state index contributed by atoms with van der Waals surface area (Å²) in [6.45, 7) is 4.61. The Balaban J connectivity index is 1.74. The summed E-state index contributed by atoms with van der Waals surface area (Å²) in [4.78, 5) is 13.4. The highest BCUT2D eigenvalue weighted by atomic mass is 16.6. The van der Waals surface area contributed by atoms with Crippen LogP contribution < -0.4 is 5.32 Å². The largest absolute Gasteiger partial charge is 0.450 e. The van der Waals surface area contributed by atoms with Crippen molar-refractivity contribution in [2.24, 2.45) is 0 Å². The number of likely N-dealkylation sites (tertiary alicyclic amines) is 1. The van der Waals surface area contributed by atoms with Crippen molar-refractivity contribution in [1.29, 1.82) is 0 Å². The second-order valence-electron chi connectivity index (χ2n) is 5.32. The molecule has 0 aromatic heterocycles. The summed E-state index contributed by atoms with van der Waals surface area (Å²) in [5.74, 6) is 0. The lowest BCUT2D eigenvalue weighted by Crippen LogP contribution is -2.44. The van der Waals surface area contributed by atoms with Crippen LogP contribution in [0.1, 0.15) is 30.9 Å². The second kappa shape index (κ2) is 8.00. The van der Waals surface area contributed by atoms with Crippen LogP contribution in [0.4, 0.5) is 4.79 Å². The van der Waals surface area contributed by atoms with E-state index in [1.807, 2.05) is 25.1 Å². The average Bonchev–Trinajstić information content (AvgIpc) is 2.54. The number of hydrogen-bond acceptors (Lipinski definition) is 4. The highest BCUT2D eigenvalue weighted by molar-refractivity contribution is 5.67. The summed E-state index contributed by atoms with van der Waals surface area (Å²) in [6, 6.07) is 8.38. The fraction of sp³-hybridized carbons (Fsp3) is 0.562. The van der Waals surface area contributed by atoms with Crippen LogP contribution in [0.3, 0.4) is 0 Å². The van der Waals surface area contributed by atoms with Crippen LogP contribution in [-0.4, -0.2) is 41.8 Å². The van der Waals surface area contributed by atoms with Gasteiger partial charge in [0.25, 0.3) is 0 Å². The number of aliphatic hydroxyl groups is 1. The quantitative estimate of drug-likeness (QED) is 0.870. The molecule has 1 heterocycles. The Morgan fingerprint density at radius 3 is 2.76 bits per heavy atom. The van der Waals surface area contributed by atoms with Gasteiger partial charge in [-0.25, -0.2) is 4.79 Å². The van der Waals surface area contributed by atoms with Crippen molar-refractivity contribution >= 4 is 6.09 Å². The van der Waals surface area contributed by atoms with E-state index in [9.17, 15) is 4.79 Å². The predicted octanol–water partition coefficient (Wildman–Crippen LogP) is 1.89. The number of hydrogen-bond donors (Lipinski definition) is 2. The molecule has 0 unspecified atom stereocenters. The minimum absolute atomic E-state index is 0.0752. The maximum absolute atomic E-state index is 11.6. The summed E-state index contributed by atoms with van der Waals surface area (Å²) in [7, 11) is 0. The average molecular weight is 292 g/mol. The van der Waals surface area contributed by atoms with Crippen molar-refractivity contribution in [3.8, 4) is 0 Å². The number of ether oxygens (including phenoxy) is 1. The van der Waals surface area contributed by atoms with Gasteiger partial charge in [0.1, 0.15) is 0 Å².